The summed E-state index contributed by atoms with van der Waals surface area (Å²) >= 11 is 0. The minimum Gasteiger partial charge on any atom is -0.480 e. The van der Waals surface area contributed by atoms with Crippen LogP contribution in [0.4, 0.5) is 17.1 Å². The molecule has 1 aromatic carbocycles. The monoisotopic (exact) mass is 356 g/mol. The van der Waals surface area contributed by atoms with Crippen LogP contribution in [0.1, 0.15) is 6.42 Å². The maximum absolute atomic E-state index is 11.9. The molecular weight excluding hydrogens is 336 g/mol. The van der Waals surface area contributed by atoms with E-state index in [4.69, 9.17) is 20.7 Å². The van der Waals surface area contributed by atoms with Gasteiger partial charge in [0, 0.05) is 18.3 Å². The van der Waals surface area contributed by atoms with Gasteiger partial charge >= 0.3 is 5.97 Å². The molecule has 11 heteroatoms. The Morgan fingerprint density at radius 2 is 2.08 bits per heavy atom. The number of hydrogen-bond acceptors (Lipinski definition) is 8. The molecule has 1 atom stereocenters. The van der Waals surface area contributed by atoms with Gasteiger partial charge in [0.15, 0.2) is 0 Å². The van der Waals surface area contributed by atoms with Crippen LogP contribution in [0.2, 0.25) is 0 Å². The van der Waals surface area contributed by atoms with Crippen LogP contribution in [0.15, 0.2) is 18.2 Å². The van der Waals surface area contributed by atoms with E-state index < -0.39 is 22.8 Å². The molecular formula is C14H20N4O7. The number of ether oxygens (including phenoxy) is 1. The van der Waals surface area contributed by atoms with Crippen molar-refractivity contribution in [1.29, 1.82) is 0 Å². The lowest BCUT2D eigenvalue weighted by atomic mass is 10.2. The first-order chi connectivity index (χ1) is 11.8. The molecule has 0 fully saturated rings. The first-order valence-corrected chi connectivity index (χ1v) is 7.33. The zero-order chi connectivity index (χ0) is 18.8. The van der Waals surface area contributed by atoms with Crippen LogP contribution < -0.4 is 16.4 Å². The van der Waals surface area contributed by atoms with Gasteiger partial charge in [0.05, 0.1) is 31.2 Å². The van der Waals surface area contributed by atoms with Gasteiger partial charge in [0.25, 0.3) is 5.69 Å². The second-order valence-corrected chi connectivity index (χ2v) is 4.96. The number of amides is 1. The van der Waals surface area contributed by atoms with Crippen molar-refractivity contribution in [1.82, 2.24) is 5.32 Å². The average molecular weight is 356 g/mol. The Morgan fingerprint density at radius 3 is 2.68 bits per heavy atom. The topological polar surface area (TPSA) is 177 Å². The van der Waals surface area contributed by atoms with Gasteiger partial charge in [0.2, 0.25) is 5.91 Å². The van der Waals surface area contributed by atoms with Crippen LogP contribution >= 0.6 is 0 Å². The lowest BCUT2D eigenvalue weighted by Gasteiger charge is -2.14. The summed E-state index contributed by atoms with van der Waals surface area (Å²) in [6.45, 7) is 0.349. The number of nitrogens with two attached hydrogens (primary N) is 1. The molecule has 0 aliphatic carbocycles. The molecule has 0 saturated carbocycles. The number of hydrogen-bond donors (Lipinski definition) is 5. The third-order valence-electron chi connectivity index (χ3n) is 3.07. The first kappa shape index (κ1) is 20.3. The van der Waals surface area contributed by atoms with Crippen molar-refractivity contribution in [3.8, 4) is 0 Å². The molecule has 0 heterocycles. The number of aliphatic carboxylic acids is 1. The number of nitro benzene ring substituents is 1. The van der Waals surface area contributed by atoms with Gasteiger partial charge in [-0.15, -0.1) is 0 Å². The molecule has 0 aliphatic heterocycles. The Kier molecular flexibility index (Phi) is 8.26. The van der Waals surface area contributed by atoms with Gasteiger partial charge in [-0.3, -0.25) is 19.7 Å². The van der Waals surface area contributed by atoms with E-state index >= 15 is 0 Å². The Morgan fingerprint density at radius 1 is 1.36 bits per heavy atom. The van der Waals surface area contributed by atoms with E-state index in [9.17, 15) is 19.7 Å². The van der Waals surface area contributed by atoms with Crippen LogP contribution in [-0.4, -0.2) is 59.4 Å². The number of anilines is 2. The van der Waals surface area contributed by atoms with Crippen LogP contribution in [0.3, 0.4) is 0 Å². The van der Waals surface area contributed by atoms with Gasteiger partial charge in [-0.25, -0.2) is 0 Å². The number of benzene rings is 1. The standard InChI is InChI=1S/C14H20N4O7/c15-10-2-1-9(7-12(10)18(23)24)17-13(20)8-11(14(21)22)16-3-5-25-6-4-19/h1-2,7,11,16,19H,3-6,8,15H2,(H,17,20)(H,21,22)/t11-/m1/s1. The largest absolute Gasteiger partial charge is 0.480 e. The number of carbonyl (C=O) groups excluding carboxylic acids is 1. The maximum Gasteiger partial charge on any atom is 0.321 e. The number of nitrogens with zero attached hydrogens (tertiary/aromatic N) is 1. The molecule has 1 aromatic rings. The number of carboxylic acid groups (broad SMARTS) is 1. The van der Waals surface area contributed by atoms with E-state index in [1.54, 1.807) is 0 Å². The highest BCUT2D eigenvalue weighted by atomic mass is 16.6. The molecule has 0 unspecified atom stereocenters. The molecule has 0 aromatic heterocycles. The van der Waals surface area contributed by atoms with Crippen LogP contribution in [0.5, 0.6) is 0 Å². The fourth-order valence-electron chi connectivity index (χ4n) is 1.90. The van der Waals surface area contributed by atoms with E-state index in [-0.39, 0.29) is 49.8 Å². The molecule has 6 N–H and O–H groups in total. The van der Waals surface area contributed by atoms with E-state index in [1.807, 2.05) is 0 Å². The molecule has 0 aliphatic rings. The smallest absolute Gasteiger partial charge is 0.321 e. The first-order valence-electron chi connectivity index (χ1n) is 7.33. The minimum absolute atomic E-state index is 0.0454. The van der Waals surface area contributed by atoms with Crippen molar-refractivity contribution in [2.24, 2.45) is 0 Å². The van der Waals surface area contributed by atoms with E-state index in [0.717, 1.165) is 6.07 Å². The van der Waals surface area contributed by atoms with Crippen molar-refractivity contribution in [3.05, 3.63) is 28.3 Å². The molecule has 1 amide bonds. The molecule has 25 heavy (non-hydrogen) atoms. The highest BCUT2D eigenvalue weighted by Crippen LogP contribution is 2.25. The van der Waals surface area contributed by atoms with Crippen molar-refractivity contribution in [2.45, 2.75) is 12.5 Å². The molecule has 0 spiro atoms. The molecule has 0 saturated heterocycles. The summed E-state index contributed by atoms with van der Waals surface area (Å²) in [4.78, 5) is 33.3. The van der Waals surface area contributed by atoms with Gasteiger partial charge in [0.1, 0.15) is 11.7 Å². The minimum atomic E-state index is -1.22. The summed E-state index contributed by atoms with van der Waals surface area (Å²) in [6, 6.07) is 2.60. The summed E-state index contributed by atoms with van der Waals surface area (Å²) in [5.41, 5.74) is 5.20. The third-order valence-corrected chi connectivity index (χ3v) is 3.07. The summed E-state index contributed by atoms with van der Waals surface area (Å²) in [5, 5.41) is 33.5. The lowest BCUT2D eigenvalue weighted by Crippen LogP contribution is -2.41. The normalized spacial score (nSPS) is 11.7. The van der Waals surface area contributed by atoms with Crippen molar-refractivity contribution in [3.63, 3.8) is 0 Å². The Bertz CT molecular complexity index is 623. The second-order valence-electron chi connectivity index (χ2n) is 4.96. The Labute approximate surface area is 142 Å². The van der Waals surface area contributed by atoms with Crippen LogP contribution in [0.25, 0.3) is 0 Å². The quantitative estimate of drug-likeness (QED) is 0.152. The van der Waals surface area contributed by atoms with Crippen molar-refractivity contribution in [2.75, 3.05) is 37.4 Å². The molecule has 11 nitrogen and oxygen atoms in total. The summed E-state index contributed by atoms with van der Waals surface area (Å²) in [7, 11) is 0. The van der Waals surface area contributed by atoms with Gasteiger partial charge in [-0.1, -0.05) is 0 Å². The highest BCUT2D eigenvalue weighted by Gasteiger charge is 2.21. The third kappa shape index (κ3) is 7.12. The fourth-order valence-corrected chi connectivity index (χ4v) is 1.90. The molecule has 1 rings (SSSR count). The highest BCUT2D eigenvalue weighted by molar-refractivity contribution is 5.94. The fraction of sp³-hybridized carbons (Fsp3) is 0.429. The van der Waals surface area contributed by atoms with E-state index in [1.165, 1.54) is 12.1 Å². The number of carbonyl (C=O) groups is 2. The number of nitrogen functional groups attached to an aromatic ring is 1. The van der Waals surface area contributed by atoms with E-state index in [0.29, 0.717) is 0 Å². The Hall–Kier alpha value is -2.76. The number of aliphatic hydroxyl groups is 1. The lowest BCUT2D eigenvalue weighted by molar-refractivity contribution is -0.383. The molecule has 0 bridgehead atoms. The second kappa shape index (κ2) is 10.2. The average Bonchev–Trinajstić information content (AvgIpc) is 2.54. The molecule has 138 valence electrons. The van der Waals surface area contributed by atoms with E-state index in [2.05, 4.69) is 10.6 Å². The SMILES string of the molecule is Nc1ccc(NC(=O)C[C@@H](NCCOCCO)C(=O)O)cc1[N+](=O)[O-]. The summed E-state index contributed by atoms with van der Waals surface area (Å²) in [5.74, 6) is -1.85. The van der Waals surface area contributed by atoms with Crippen LogP contribution in [0, 0.1) is 10.1 Å². The number of rotatable bonds is 11. The number of nitrogens with one attached hydrogen (secondary N) is 2. The van der Waals surface area contributed by atoms with Gasteiger partial charge < -0.3 is 31.3 Å². The van der Waals surface area contributed by atoms with Gasteiger partial charge in [-0.2, -0.15) is 0 Å². The molecule has 0 radical (unpaired) electrons. The summed E-state index contributed by atoms with van der Waals surface area (Å²) in [6.07, 6.45) is -0.381. The number of aliphatic hydroxyl groups excluding tert-OH is 1. The van der Waals surface area contributed by atoms with Crippen molar-refractivity contribution >= 4 is 28.9 Å². The van der Waals surface area contributed by atoms with Gasteiger partial charge in [-0.05, 0) is 12.1 Å². The maximum atomic E-state index is 11.9. The van der Waals surface area contributed by atoms with Crippen LogP contribution in [-0.2, 0) is 14.3 Å². The predicted molar refractivity (Wildman–Crippen MR) is 88.1 cm³/mol. The van der Waals surface area contributed by atoms with Crippen molar-refractivity contribution < 1.29 is 29.5 Å². The number of carboxylic acids is 1. The Balaban J connectivity index is 2.58. The zero-order valence-corrected chi connectivity index (χ0v) is 13.3. The summed E-state index contributed by atoms with van der Waals surface area (Å²) < 4.78 is 4.98. The predicted octanol–water partition coefficient (Wildman–Crippen LogP) is -0.443. The zero-order valence-electron chi connectivity index (χ0n) is 13.3. The number of nitro groups is 1.